The van der Waals surface area contributed by atoms with Crippen LogP contribution in [0.1, 0.15) is 67.3 Å². The summed E-state index contributed by atoms with van der Waals surface area (Å²) in [5.41, 5.74) is 5.81. The van der Waals surface area contributed by atoms with Gasteiger partial charge in [-0.1, -0.05) is 38.3 Å². The van der Waals surface area contributed by atoms with Crippen molar-refractivity contribution in [3.63, 3.8) is 0 Å². The quantitative estimate of drug-likeness (QED) is 0.806. The predicted octanol–water partition coefficient (Wildman–Crippen LogP) is 5.09. The van der Waals surface area contributed by atoms with Gasteiger partial charge in [0.05, 0.1) is 0 Å². The Hall–Kier alpha value is -0.820. The molecule has 112 valence electrons. The Labute approximate surface area is 125 Å². The molecule has 0 spiro atoms. The third-order valence-electron chi connectivity index (χ3n) is 5.47. The van der Waals surface area contributed by atoms with Crippen LogP contribution in [0.15, 0.2) is 12.1 Å². The summed E-state index contributed by atoms with van der Waals surface area (Å²) in [6.07, 6.45) is 6.97. The molecule has 1 aliphatic carbocycles. The molecular formula is C19H31N. The van der Waals surface area contributed by atoms with E-state index >= 15 is 0 Å². The molecule has 0 amide bonds. The highest BCUT2D eigenvalue weighted by molar-refractivity contribution is 5.38. The van der Waals surface area contributed by atoms with Gasteiger partial charge >= 0.3 is 0 Å². The molecule has 0 bridgehead atoms. The Morgan fingerprint density at radius 2 is 1.60 bits per heavy atom. The van der Waals surface area contributed by atoms with Crippen molar-refractivity contribution < 1.29 is 0 Å². The number of aryl methyl sites for hydroxylation is 3. The highest BCUT2D eigenvalue weighted by Crippen LogP contribution is 2.39. The van der Waals surface area contributed by atoms with Gasteiger partial charge in [-0.25, -0.2) is 0 Å². The zero-order valence-corrected chi connectivity index (χ0v) is 13.9. The summed E-state index contributed by atoms with van der Waals surface area (Å²) in [6.45, 7) is 9.06. The van der Waals surface area contributed by atoms with Crippen LogP contribution in [0.5, 0.6) is 0 Å². The van der Waals surface area contributed by atoms with Gasteiger partial charge in [0.15, 0.2) is 0 Å². The van der Waals surface area contributed by atoms with E-state index in [0.717, 1.165) is 11.8 Å². The number of hydrogen-bond acceptors (Lipinski definition) is 1. The molecule has 2 rings (SSSR count). The topological polar surface area (TPSA) is 12.0 Å². The number of hydrogen-bond donors (Lipinski definition) is 1. The average molecular weight is 273 g/mol. The molecule has 0 aromatic heterocycles. The first kappa shape index (κ1) is 15.6. The minimum atomic E-state index is 0.534. The van der Waals surface area contributed by atoms with E-state index in [0.29, 0.717) is 6.04 Å². The second-order valence-electron chi connectivity index (χ2n) is 6.75. The minimum absolute atomic E-state index is 0.534. The summed E-state index contributed by atoms with van der Waals surface area (Å²) in [7, 11) is 2.13. The summed E-state index contributed by atoms with van der Waals surface area (Å²) < 4.78 is 0. The van der Waals surface area contributed by atoms with Crippen molar-refractivity contribution in [2.24, 2.45) is 11.8 Å². The standard InChI is InChI=1S/C19H31N/c1-6-16-7-9-17(10-8-16)19(20-5)18-12-14(3)13(2)11-15(18)4/h11-12,16-17,19-20H,6-10H2,1-5H3. The molecule has 1 fully saturated rings. The predicted molar refractivity (Wildman–Crippen MR) is 88.2 cm³/mol. The molecule has 1 aromatic rings. The van der Waals surface area contributed by atoms with E-state index in [9.17, 15) is 0 Å². The maximum absolute atomic E-state index is 3.61. The molecule has 0 saturated heterocycles. The van der Waals surface area contributed by atoms with Gasteiger partial charge in [-0.15, -0.1) is 0 Å². The molecule has 1 heteroatoms. The van der Waals surface area contributed by atoms with E-state index in [1.54, 1.807) is 0 Å². The van der Waals surface area contributed by atoms with Crippen molar-refractivity contribution in [2.45, 2.75) is 65.8 Å². The van der Waals surface area contributed by atoms with E-state index in [4.69, 9.17) is 0 Å². The Morgan fingerprint density at radius 3 is 2.15 bits per heavy atom. The van der Waals surface area contributed by atoms with Crippen molar-refractivity contribution in [1.82, 2.24) is 5.32 Å². The number of nitrogens with one attached hydrogen (secondary N) is 1. The van der Waals surface area contributed by atoms with Crippen LogP contribution >= 0.6 is 0 Å². The summed E-state index contributed by atoms with van der Waals surface area (Å²) >= 11 is 0. The van der Waals surface area contributed by atoms with Crippen LogP contribution in [0.2, 0.25) is 0 Å². The molecule has 1 unspecified atom stereocenters. The van der Waals surface area contributed by atoms with Crippen LogP contribution in [-0.4, -0.2) is 7.05 Å². The Balaban J connectivity index is 2.18. The van der Waals surface area contributed by atoms with Gasteiger partial charge in [0.25, 0.3) is 0 Å². The molecule has 0 radical (unpaired) electrons. The molecule has 1 N–H and O–H groups in total. The lowest BCUT2D eigenvalue weighted by Gasteiger charge is -2.34. The van der Waals surface area contributed by atoms with Gasteiger partial charge in [-0.05, 0) is 74.8 Å². The maximum atomic E-state index is 3.61. The lowest BCUT2D eigenvalue weighted by Crippen LogP contribution is -2.29. The molecule has 1 nitrogen and oxygen atoms in total. The van der Waals surface area contributed by atoms with Gasteiger partial charge in [0, 0.05) is 6.04 Å². The summed E-state index contributed by atoms with van der Waals surface area (Å²) in [4.78, 5) is 0. The van der Waals surface area contributed by atoms with Crippen LogP contribution in [0.4, 0.5) is 0 Å². The molecule has 1 saturated carbocycles. The molecule has 1 aliphatic rings. The lowest BCUT2D eigenvalue weighted by atomic mass is 9.75. The van der Waals surface area contributed by atoms with Crippen LogP contribution in [-0.2, 0) is 0 Å². The first-order valence-corrected chi connectivity index (χ1v) is 8.31. The van der Waals surface area contributed by atoms with E-state index in [-0.39, 0.29) is 0 Å². The van der Waals surface area contributed by atoms with Crippen LogP contribution in [0.3, 0.4) is 0 Å². The second kappa shape index (κ2) is 6.76. The number of rotatable bonds is 4. The summed E-state index contributed by atoms with van der Waals surface area (Å²) in [5.74, 6) is 1.79. The van der Waals surface area contributed by atoms with E-state index < -0.39 is 0 Å². The fourth-order valence-corrected chi connectivity index (χ4v) is 3.89. The van der Waals surface area contributed by atoms with Crippen molar-refractivity contribution in [3.8, 4) is 0 Å². The zero-order chi connectivity index (χ0) is 14.7. The van der Waals surface area contributed by atoms with Gasteiger partial charge < -0.3 is 5.32 Å². The third-order valence-corrected chi connectivity index (χ3v) is 5.47. The first-order valence-electron chi connectivity index (χ1n) is 8.31. The largest absolute Gasteiger partial charge is 0.313 e. The SMILES string of the molecule is CCC1CCC(C(NC)c2cc(C)c(C)cc2C)CC1. The molecule has 1 atom stereocenters. The second-order valence-corrected chi connectivity index (χ2v) is 6.75. The molecule has 20 heavy (non-hydrogen) atoms. The van der Waals surface area contributed by atoms with Gasteiger partial charge in [0.2, 0.25) is 0 Å². The van der Waals surface area contributed by atoms with Crippen molar-refractivity contribution in [3.05, 3.63) is 34.4 Å². The average Bonchev–Trinajstić information content (AvgIpc) is 2.46. The number of benzene rings is 1. The normalized spacial score (nSPS) is 24.6. The molecule has 0 heterocycles. The minimum Gasteiger partial charge on any atom is -0.313 e. The smallest absolute Gasteiger partial charge is 0.0348 e. The first-order chi connectivity index (χ1) is 9.56. The third kappa shape index (κ3) is 3.25. The van der Waals surface area contributed by atoms with Crippen LogP contribution in [0, 0.1) is 32.6 Å². The highest BCUT2D eigenvalue weighted by Gasteiger charge is 2.28. The molecule has 1 aromatic carbocycles. The molecule has 0 aliphatic heterocycles. The fraction of sp³-hybridized carbons (Fsp3) is 0.684. The van der Waals surface area contributed by atoms with Crippen LogP contribution < -0.4 is 5.32 Å². The Kier molecular flexibility index (Phi) is 5.26. The lowest BCUT2D eigenvalue weighted by molar-refractivity contribution is 0.224. The highest BCUT2D eigenvalue weighted by atomic mass is 14.9. The van der Waals surface area contributed by atoms with Crippen molar-refractivity contribution in [2.75, 3.05) is 7.05 Å². The molecular weight excluding hydrogens is 242 g/mol. The summed E-state index contributed by atoms with van der Waals surface area (Å²) in [6, 6.07) is 5.30. The zero-order valence-electron chi connectivity index (χ0n) is 13.9. The fourth-order valence-electron chi connectivity index (χ4n) is 3.89. The van der Waals surface area contributed by atoms with Crippen molar-refractivity contribution >= 4 is 0 Å². The van der Waals surface area contributed by atoms with E-state index in [1.807, 2.05) is 0 Å². The van der Waals surface area contributed by atoms with E-state index in [2.05, 4.69) is 52.2 Å². The van der Waals surface area contributed by atoms with Crippen LogP contribution in [0.25, 0.3) is 0 Å². The van der Waals surface area contributed by atoms with Crippen molar-refractivity contribution in [1.29, 1.82) is 0 Å². The monoisotopic (exact) mass is 273 g/mol. The summed E-state index contributed by atoms with van der Waals surface area (Å²) in [5, 5.41) is 3.61. The Bertz CT molecular complexity index is 441. The Morgan fingerprint density at radius 1 is 1.00 bits per heavy atom. The maximum Gasteiger partial charge on any atom is 0.0348 e. The van der Waals surface area contributed by atoms with E-state index in [1.165, 1.54) is 54.4 Å². The van der Waals surface area contributed by atoms with Gasteiger partial charge in [-0.2, -0.15) is 0 Å². The van der Waals surface area contributed by atoms with Gasteiger partial charge in [-0.3, -0.25) is 0 Å². The van der Waals surface area contributed by atoms with Gasteiger partial charge in [0.1, 0.15) is 0 Å².